The van der Waals surface area contributed by atoms with Gasteiger partial charge in [-0.2, -0.15) is 0 Å². The summed E-state index contributed by atoms with van der Waals surface area (Å²) in [7, 11) is 0. The van der Waals surface area contributed by atoms with E-state index >= 15 is 0 Å². The first kappa shape index (κ1) is 12.7. The molecule has 1 unspecified atom stereocenters. The van der Waals surface area contributed by atoms with Crippen molar-refractivity contribution in [3.05, 3.63) is 16.1 Å². The van der Waals surface area contributed by atoms with Crippen molar-refractivity contribution in [3.8, 4) is 0 Å². The van der Waals surface area contributed by atoms with Gasteiger partial charge in [0.1, 0.15) is 0 Å². The van der Waals surface area contributed by atoms with E-state index in [1.807, 2.05) is 0 Å². The highest BCUT2D eigenvalue weighted by molar-refractivity contribution is 7.09. The quantitative estimate of drug-likeness (QED) is 0.838. The summed E-state index contributed by atoms with van der Waals surface area (Å²) in [6.45, 7) is 9.57. The molecule has 3 heteroatoms. The molecule has 0 fully saturated rings. The Kier molecular flexibility index (Phi) is 4.74. The average Bonchev–Trinajstić information content (AvgIpc) is 2.52. The molecule has 2 nitrogen and oxygen atoms in total. The molecule has 0 spiro atoms. The summed E-state index contributed by atoms with van der Waals surface area (Å²) >= 11 is 1.76. The number of thiazole rings is 1. The maximum absolute atomic E-state index is 5.78. The van der Waals surface area contributed by atoms with Gasteiger partial charge in [0, 0.05) is 17.8 Å². The monoisotopic (exact) mass is 226 g/mol. The fraction of sp³-hybridized carbons (Fsp3) is 0.750. The molecule has 0 bridgehead atoms. The molecule has 0 saturated heterocycles. The highest BCUT2D eigenvalue weighted by Gasteiger charge is 2.17. The van der Waals surface area contributed by atoms with E-state index in [4.69, 9.17) is 5.73 Å². The summed E-state index contributed by atoms with van der Waals surface area (Å²) in [6, 6.07) is 0. The summed E-state index contributed by atoms with van der Waals surface area (Å²) in [4.78, 5) is 4.68. The standard InChI is InChI=1S/C12H22N2S/c1-8(2)5-10-7-15-12(14-10)11(6-13)9(3)4/h7-9,11H,5-6,13H2,1-4H3. The van der Waals surface area contributed by atoms with Crippen molar-refractivity contribution in [2.45, 2.75) is 40.0 Å². The van der Waals surface area contributed by atoms with E-state index in [9.17, 15) is 0 Å². The SMILES string of the molecule is CC(C)Cc1csc(C(CN)C(C)C)n1. The number of nitrogens with zero attached hydrogens (tertiary/aromatic N) is 1. The third-order valence-electron chi connectivity index (χ3n) is 2.56. The summed E-state index contributed by atoms with van der Waals surface area (Å²) in [5, 5.41) is 3.39. The Labute approximate surface area is 96.9 Å². The van der Waals surface area contributed by atoms with Crippen LogP contribution in [0.15, 0.2) is 5.38 Å². The van der Waals surface area contributed by atoms with Crippen LogP contribution >= 0.6 is 11.3 Å². The maximum atomic E-state index is 5.78. The van der Waals surface area contributed by atoms with E-state index in [0.29, 0.717) is 24.3 Å². The number of aromatic nitrogens is 1. The molecule has 1 aromatic heterocycles. The first-order chi connectivity index (χ1) is 7.04. The lowest BCUT2D eigenvalue weighted by molar-refractivity contribution is 0.502. The van der Waals surface area contributed by atoms with Crippen molar-refractivity contribution >= 4 is 11.3 Å². The third-order valence-corrected chi connectivity index (χ3v) is 3.59. The predicted octanol–water partition coefficient (Wildman–Crippen LogP) is 3.04. The van der Waals surface area contributed by atoms with Gasteiger partial charge in [-0.1, -0.05) is 27.7 Å². The fourth-order valence-corrected chi connectivity index (χ4v) is 2.78. The lowest BCUT2D eigenvalue weighted by Gasteiger charge is -2.15. The van der Waals surface area contributed by atoms with Crippen molar-refractivity contribution < 1.29 is 0 Å². The molecule has 0 amide bonds. The largest absolute Gasteiger partial charge is 0.330 e. The van der Waals surface area contributed by atoms with Gasteiger partial charge in [-0.3, -0.25) is 0 Å². The van der Waals surface area contributed by atoms with E-state index in [1.54, 1.807) is 11.3 Å². The molecule has 0 aliphatic carbocycles. The summed E-state index contributed by atoms with van der Waals surface area (Å²) in [5.74, 6) is 1.68. The van der Waals surface area contributed by atoms with Gasteiger partial charge in [-0.15, -0.1) is 11.3 Å². The average molecular weight is 226 g/mol. The van der Waals surface area contributed by atoms with E-state index in [2.05, 4.69) is 38.1 Å². The first-order valence-corrected chi connectivity index (χ1v) is 6.57. The van der Waals surface area contributed by atoms with Gasteiger partial charge in [-0.05, 0) is 18.3 Å². The van der Waals surface area contributed by atoms with Crippen LogP contribution < -0.4 is 5.73 Å². The van der Waals surface area contributed by atoms with E-state index in [0.717, 1.165) is 6.42 Å². The Morgan fingerprint density at radius 3 is 2.47 bits per heavy atom. The normalized spacial score (nSPS) is 13.8. The molecular weight excluding hydrogens is 204 g/mol. The Balaban J connectivity index is 2.73. The molecule has 1 aromatic rings. The lowest BCUT2D eigenvalue weighted by atomic mass is 9.97. The van der Waals surface area contributed by atoms with Crippen LogP contribution in [-0.4, -0.2) is 11.5 Å². The van der Waals surface area contributed by atoms with Crippen LogP contribution in [0.4, 0.5) is 0 Å². The van der Waals surface area contributed by atoms with Gasteiger partial charge in [0.15, 0.2) is 0 Å². The third kappa shape index (κ3) is 3.58. The minimum Gasteiger partial charge on any atom is -0.330 e. The van der Waals surface area contributed by atoms with E-state index < -0.39 is 0 Å². The summed E-state index contributed by atoms with van der Waals surface area (Å²) < 4.78 is 0. The highest BCUT2D eigenvalue weighted by atomic mass is 32.1. The van der Waals surface area contributed by atoms with Gasteiger partial charge in [-0.25, -0.2) is 4.98 Å². The minimum atomic E-state index is 0.427. The number of hydrogen-bond donors (Lipinski definition) is 1. The zero-order chi connectivity index (χ0) is 11.4. The second kappa shape index (κ2) is 5.61. The minimum absolute atomic E-state index is 0.427. The number of rotatable bonds is 5. The number of nitrogens with two attached hydrogens (primary N) is 1. The molecule has 0 aromatic carbocycles. The van der Waals surface area contributed by atoms with Crippen molar-refractivity contribution in [3.63, 3.8) is 0 Å². The predicted molar refractivity (Wildman–Crippen MR) is 67.3 cm³/mol. The second-order valence-electron chi connectivity index (χ2n) is 4.86. The van der Waals surface area contributed by atoms with Crippen molar-refractivity contribution in [2.75, 3.05) is 6.54 Å². The Bertz CT molecular complexity index is 292. The lowest BCUT2D eigenvalue weighted by Crippen LogP contribution is -2.17. The van der Waals surface area contributed by atoms with Gasteiger partial charge in [0.05, 0.1) is 10.7 Å². The van der Waals surface area contributed by atoms with Gasteiger partial charge < -0.3 is 5.73 Å². The molecule has 86 valence electrons. The van der Waals surface area contributed by atoms with Gasteiger partial charge in [0.25, 0.3) is 0 Å². The van der Waals surface area contributed by atoms with Gasteiger partial charge >= 0.3 is 0 Å². The molecule has 0 aliphatic rings. The van der Waals surface area contributed by atoms with E-state index in [-0.39, 0.29) is 0 Å². The second-order valence-corrected chi connectivity index (χ2v) is 5.75. The van der Waals surface area contributed by atoms with Crippen LogP contribution in [0.2, 0.25) is 0 Å². The summed E-state index contributed by atoms with van der Waals surface area (Å²) in [6.07, 6.45) is 1.08. The van der Waals surface area contributed by atoms with Crippen LogP contribution in [0, 0.1) is 11.8 Å². The molecule has 2 N–H and O–H groups in total. The topological polar surface area (TPSA) is 38.9 Å². The first-order valence-electron chi connectivity index (χ1n) is 5.69. The molecule has 0 aliphatic heterocycles. The van der Waals surface area contributed by atoms with E-state index in [1.165, 1.54) is 10.7 Å². The molecule has 15 heavy (non-hydrogen) atoms. The Morgan fingerprint density at radius 2 is 2.00 bits per heavy atom. The smallest absolute Gasteiger partial charge is 0.0974 e. The molecular formula is C12H22N2S. The Morgan fingerprint density at radius 1 is 1.33 bits per heavy atom. The highest BCUT2D eigenvalue weighted by Crippen LogP contribution is 2.26. The maximum Gasteiger partial charge on any atom is 0.0974 e. The van der Waals surface area contributed by atoms with Crippen LogP contribution in [-0.2, 0) is 6.42 Å². The van der Waals surface area contributed by atoms with Crippen LogP contribution in [0.1, 0.15) is 44.3 Å². The molecule has 0 saturated carbocycles. The zero-order valence-electron chi connectivity index (χ0n) is 10.2. The van der Waals surface area contributed by atoms with Crippen molar-refractivity contribution in [1.82, 2.24) is 4.98 Å². The van der Waals surface area contributed by atoms with Crippen LogP contribution in [0.5, 0.6) is 0 Å². The van der Waals surface area contributed by atoms with Crippen LogP contribution in [0.25, 0.3) is 0 Å². The molecule has 0 radical (unpaired) electrons. The number of hydrogen-bond acceptors (Lipinski definition) is 3. The van der Waals surface area contributed by atoms with Crippen LogP contribution in [0.3, 0.4) is 0 Å². The van der Waals surface area contributed by atoms with Gasteiger partial charge in [0.2, 0.25) is 0 Å². The van der Waals surface area contributed by atoms with Crippen molar-refractivity contribution in [1.29, 1.82) is 0 Å². The Hall–Kier alpha value is -0.410. The molecule has 1 rings (SSSR count). The van der Waals surface area contributed by atoms with Crippen molar-refractivity contribution in [2.24, 2.45) is 17.6 Å². The molecule has 1 atom stereocenters. The molecule has 1 heterocycles. The zero-order valence-corrected chi connectivity index (χ0v) is 11.0. The fourth-order valence-electron chi connectivity index (χ4n) is 1.66. The summed E-state index contributed by atoms with van der Waals surface area (Å²) in [5.41, 5.74) is 7.01.